The molecule has 0 atom stereocenters. The minimum absolute atomic E-state index is 0.203. The normalized spacial score (nSPS) is 10.8. The van der Waals surface area contributed by atoms with Gasteiger partial charge in [0.1, 0.15) is 0 Å². The van der Waals surface area contributed by atoms with Crippen molar-refractivity contribution in [2.24, 2.45) is 5.10 Å². The number of rotatable bonds is 7. The number of H-pyrrole nitrogens is 1. The van der Waals surface area contributed by atoms with Crippen molar-refractivity contribution in [3.8, 4) is 22.9 Å². The van der Waals surface area contributed by atoms with Crippen LogP contribution in [0.5, 0.6) is 11.5 Å². The first kappa shape index (κ1) is 19.3. The van der Waals surface area contributed by atoms with E-state index in [0.29, 0.717) is 22.1 Å². The SMILES string of the molecule is COC(=O)COc1ccc(/C=N\n2c(-c3ccccc3)n[nH]c2=S)cc1OC. The number of aromatic nitrogens is 3. The summed E-state index contributed by atoms with van der Waals surface area (Å²) in [7, 11) is 2.81. The Balaban J connectivity index is 1.85. The van der Waals surface area contributed by atoms with Crippen LogP contribution < -0.4 is 9.47 Å². The van der Waals surface area contributed by atoms with Gasteiger partial charge in [-0.2, -0.15) is 14.9 Å². The van der Waals surface area contributed by atoms with Crippen LogP contribution >= 0.6 is 12.2 Å². The van der Waals surface area contributed by atoms with Crippen molar-refractivity contribution < 1.29 is 19.0 Å². The third kappa shape index (κ3) is 4.44. The van der Waals surface area contributed by atoms with Gasteiger partial charge in [-0.25, -0.2) is 9.89 Å². The third-order valence-corrected chi connectivity index (χ3v) is 4.03. The lowest BCUT2D eigenvalue weighted by molar-refractivity contribution is -0.142. The molecule has 0 amide bonds. The highest BCUT2D eigenvalue weighted by molar-refractivity contribution is 7.71. The van der Waals surface area contributed by atoms with E-state index in [1.165, 1.54) is 14.2 Å². The number of esters is 1. The fourth-order valence-corrected chi connectivity index (χ4v) is 2.56. The molecule has 2 aromatic carbocycles. The molecule has 3 aromatic rings. The Morgan fingerprint density at radius 1 is 1.21 bits per heavy atom. The van der Waals surface area contributed by atoms with Crippen LogP contribution in [-0.2, 0) is 9.53 Å². The van der Waals surface area contributed by atoms with Crippen molar-refractivity contribution in [1.82, 2.24) is 14.9 Å². The maximum atomic E-state index is 11.2. The molecule has 0 saturated heterocycles. The molecule has 0 fully saturated rings. The Morgan fingerprint density at radius 2 is 2.00 bits per heavy atom. The highest BCUT2D eigenvalue weighted by Crippen LogP contribution is 2.27. The van der Waals surface area contributed by atoms with Crippen molar-refractivity contribution in [3.63, 3.8) is 0 Å². The first-order valence-electron chi connectivity index (χ1n) is 8.27. The number of aromatic amines is 1. The van der Waals surface area contributed by atoms with Gasteiger partial charge in [0.05, 0.1) is 20.4 Å². The van der Waals surface area contributed by atoms with E-state index in [9.17, 15) is 4.79 Å². The molecule has 28 heavy (non-hydrogen) atoms. The molecule has 0 aliphatic rings. The van der Waals surface area contributed by atoms with Gasteiger partial charge in [-0.05, 0) is 36.0 Å². The minimum atomic E-state index is -0.476. The number of benzene rings is 2. The van der Waals surface area contributed by atoms with E-state index in [-0.39, 0.29) is 6.61 Å². The van der Waals surface area contributed by atoms with Crippen molar-refractivity contribution in [3.05, 3.63) is 58.9 Å². The van der Waals surface area contributed by atoms with E-state index < -0.39 is 5.97 Å². The summed E-state index contributed by atoms with van der Waals surface area (Å²) in [5.74, 6) is 1.02. The van der Waals surface area contributed by atoms with E-state index in [1.54, 1.807) is 29.1 Å². The predicted octanol–water partition coefficient (Wildman–Crippen LogP) is 3.05. The Labute approximate surface area is 166 Å². The molecule has 1 N–H and O–H groups in total. The summed E-state index contributed by atoms with van der Waals surface area (Å²) in [6.45, 7) is -0.203. The number of hydrogen-bond acceptors (Lipinski definition) is 7. The monoisotopic (exact) mass is 398 g/mol. The average molecular weight is 398 g/mol. The highest BCUT2D eigenvalue weighted by atomic mass is 32.1. The molecule has 8 nitrogen and oxygen atoms in total. The van der Waals surface area contributed by atoms with Crippen LogP contribution in [0.15, 0.2) is 53.6 Å². The fourth-order valence-electron chi connectivity index (χ4n) is 2.38. The van der Waals surface area contributed by atoms with Gasteiger partial charge in [0.2, 0.25) is 4.77 Å². The number of nitrogens with zero attached hydrogens (tertiary/aromatic N) is 3. The maximum absolute atomic E-state index is 11.2. The van der Waals surface area contributed by atoms with Crippen LogP contribution in [0.25, 0.3) is 11.4 Å². The zero-order valence-corrected chi connectivity index (χ0v) is 16.1. The van der Waals surface area contributed by atoms with E-state index in [2.05, 4.69) is 20.0 Å². The first-order chi connectivity index (χ1) is 13.6. The zero-order valence-electron chi connectivity index (χ0n) is 15.3. The Kier molecular flexibility index (Phi) is 6.18. The molecule has 0 aliphatic heterocycles. The van der Waals surface area contributed by atoms with Gasteiger partial charge >= 0.3 is 5.97 Å². The van der Waals surface area contributed by atoms with Crippen LogP contribution in [0.2, 0.25) is 0 Å². The van der Waals surface area contributed by atoms with Gasteiger partial charge < -0.3 is 14.2 Å². The van der Waals surface area contributed by atoms with Crippen LogP contribution in [0, 0.1) is 4.77 Å². The van der Waals surface area contributed by atoms with Gasteiger partial charge in [-0.15, -0.1) is 0 Å². The standard InChI is InChI=1S/C19H18N4O4S/c1-25-16-10-13(8-9-15(16)27-12-17(24)26-2)11-20-23-18(21-22-19(23)28)14-6-4-3-5-7-14/h3-11H,12H2,1-2H3,(H,22,28)/b20-11-. The lowest BCUT2D eigenvalue weighted by atomic mass is 10.2. The molecular weight excluding hydrogens is 380 g/mol. The predicted molar refractivity (Wildman–Crippen MR) is 106 cm³/mol. The largest absolute Gasteiger partial charge is 0.493 e. The summed E-state index contributed by atoms with van der Waals surface area (Å²) in [6, 6.07) is 14.8. The van der Waals surface area contributed by atoms with Gasteiger partial charge in [0, 0.05) is 5.56 Å². The quantitative estimate of drug-likeness (QED) is 0.374. The summed E-state index contributed by atoms with van der Waals surface area (Å²) in [5, 5.41) is 11.4. The summed E-state index contributed by atoms with van der Waals surface area (Å²) in [6.07, 6.45) is 1.63. The van der Waals surface area contributed by atoms with Crippen molar-refractivity contribution in [2.75, 3.05) is 20.8 Å². The van der Waals surface area contributed by atoms with E-state index in [0.717, 1.165) is 11.1 Å². The molecule has 3 rings (SSSR count). The molecule has 144 valence electrons. The lowest BCUT2D eigenvalue weighted by Gasteiger charge is -2.10. The van der Waals surface area contributed by atoms with Crippen molar-refractivity contribution in [2.45, 2.75) is 0 Å². The van der Waals surface area contributed by atoms with Gasteiger partial charge in [-0.1, -0.05) is 30.3 Å². The maximum Gasteiger partial charge on any atom is 0.343 e. The van der Waals surface area contributed by atoms with Gasteiger partial charge in [0.25, 0.3) is 0 Å². The molecule has 0 unspecified atom stereocenters. The summed E-state index contributed by atoms with van der Waals surface area (Å²) < 4.78 is 17.2. The minimum Gasteiger partial charge on any atom is -0.493 e. The average Bonchev–Trinajstić information content (AvgIpc) is 3.11. The second-order valence-corrected chi connectivity index (χ2v) is 5.94. The molecular formula is C19H18N4O4S. The molecule has 9 heteroatoms. The van der Waals surface area contributed by atoms with E-state index in [1.807, 2.05) is 30.3 Å². The second-order valence-electron chi connectivity index (χ2n) is 5.55. The van der Waals surface area contributed by atoms with Crippen molar-refractivity contribution in [1.29, 1.82) is 0 Å². The summed E-state index contributed by atoms with van der Waals surface area (Å²) in [4.78, 5) is 11.2. The number of nitrogens with one attached hydrogen (secondary N) is 1. The fraction of sp³-hybridized carbons (Fsp3) is 0.158. The Bertz CT molecular complexity index is 1040. The lowest BCUT2D eigenvalue weighted by Crippen LogP contribution is -2.13. The summed E-state index contributed by atoms with van der Waals surface area (Å²) >= 11 is 5.27. The molecule has 0 bridgehead atoms. The topological polar surface area (TPSA) is 90.7 Å². The molecule has 0 radical (unpaired) electrons. The smallest absolute Gasteiger partial charge is 0.343 e. The highest BCUT2D eigenvalue weighted by Gasteiger charge is 2.09. The van der Waals surface area contributed by atoms with E-state index in [4.69, 9.17) is 21.7 Å². The summed E-state index contributed by atoms with van der Waals surface area (Å²) in [5.41, 5.74) is 1.64. The second kappa shape index (κ2) is 8.96. The number of carbonyl (C=O) groups excluding carboxylic acids is 1. The van der Waals surface area contributed by atoms with Crippen LogP contribution in [0.3, 0.4) is 0 Å². The van der Waals surface area contributed by atoms with Crippen LogP contribution in [0.4, 0.5) is 0 Å². The van der Waals surface area contributed by atoms with Gasteiger partial charge in [-0.3, -0.25) is 0 Å². The Hall–Kier alpha value is -3.46. The third-order valence-electron chi connectivity index (χ3n) is 3.77. The number of hydrogen-bond donors (Lipinski definition) is 1. The van der Waals surface area contributed by atoms with Crippen molar-refractivity contribution >= 4 is 24.4 Å². The van der Waals surface area contributed by atoms with E-state index >= 15 is 0 Å². The Morgan fingerprint density at radius 3 is 2.71 bits per heavy atom. The van der Waals surface area contributed by atoms with Gasteiger partial charge in [0.15, 0.2) is 23.9 Å². The zero-order chi connectivity index (χ0) is 19.9. The molecule has 0 aliphatic carbocycles. The van der Waals surface area contributed by atoms with Crippen LogP contribution in [0.1, 0.15) is 5.56 Å². The molecule has 1 heterocycles. The number of ether oxygens (including phenoxy) is 3. The van der Waals surface area contributed by atoms with Crippen LogP contribution in [-0.4, -0.2) is 47.9 Å². The molecule has 1 aromatic heterocycles. The number of methoxy groups -OCH3 is 2. The first-order valence-corrected chi connectivity index (χ1v) is 8.68. The molecule has 0 spiro atoms. The molecule has 0 saturated carbocycles. The number of carbonyl (C=O) groups is 1.